The van der Waals surface area contributed by atoms with Gasteiger partial charge in [0, 0.05) is 43.3 Å². The summed E-state index contributed by atoms with van der Waals surface area (Å²) < 4.78 is 14.0. The zero-order valence-electron chi connectivity index (χ0n) is 17.3. The maximum absolute atomic E-state index is 14.0. The number of carbonyl (C=O) groups is 2. The molecule has 2 aromatic carbocycles. The predicted octanol–water partition coefficient (Wildman–Crippen LogP) is 4.56. The van der Waals surface area contributed by atoms with Gasteiger partial charge in [-0.25, -0.2) is 4.39 Å². The van der Waals surface area contributed by atoms with Gasteiger partial charge in [-0.05, 0) is 68.1 Å². The van der Waals surface area contributed by atoms with Crippen LogP contribution in [0.2, 0.25) is 5.02 Å². The third-order valence-corrected chi connectivity index (χ3v) is 5.92. The van der Waals surface area contributed by atoms with Crippen molar-refractivity contribution in [3.05, 3.63) is 68.5 Å². The van der Waals surface area contributed by atoms with Crippen LogP contribution in [0.1, 0.15) is 49.9 Å². The molecule has 0 bridgehead atoms. The molecule has 1 saturated heterocycles. The van der Waals surface area contributed by atoms with Crippen molar-refractivity contribution in [2.24, 2.45) is 0 Å². The molecule has 0 atom stereocenters. The number of aryl methyl sites for hydroxylation is 2. The van der Waals surface area contributed by atoms with E-state index in [1.54, 1.807) is 11.8 Å². The van der Waals surface area contributed by atoms with Gasteiger partial charge in [-0.1, -0.05) is 17.7 Å². The van der Waals surface area contributed by atoms with E-state index in [9.17, 15) is 14.0 Å². The summed E-state index contributed by atoms with van der Waals surface area (Å²) in [5.74, 6) is -0.795. The first-order valence-electron chi connectivity index (χ1n) is 9.76. The standard InChI is InChI=1S/C23H26ClFN2O2/c1-14-11-15(2)22(17(4)28)16(3)20(14)13-26-7-9-27(10-8-26)23(29)19-12-18(24)5-6-21(19)25/h5-6,11-12H,7-10,13H2,1-4H3. The molecule has 3 rings (SSSR count). The number of Topliss-reactive ketones (excluding diaryl/α,β-unsaturated/α-hetero) is 1. The van der Waals surface area contributed by atoms with Crippen molar-refractivity contribution < 1.29 is 14.0 Å². The van der Waals surface area contributed by atoms with Crippen molar-refractivity contribution in [3.63, 3.8) is 0 Å². The molecule has 0 aromatic heterocycles. The number of carbonyl (C=O) groups excluding carboxylic acids is 2. The zero-order chi connectivity index (χ0) is 21.3. The lowest BCUT2D eigenvalue weighted by Crippen LogP contribution is -2.48. The van der Waals surface area contributed by atoms with Gasteiger partial charge >= 0.3 is 0 Å². The van der Waals surface area contributed by atoms with Gasteiger partial charge in [-0.2, -0.15) is 0 Å². The number of hydrogen-bond acceptors (Lipinski definition) is 3. The summed E-state index contributed by atoms with van der Waals surface area (Å²) in [4.78, 5) is 28.7. The van der Waals surface area contributed by atoms with E-state index in [-0.39, 0.29) is 17.3 Å². The van der Waals surface area contributed by atoms with Crippen molar-refractivity contribution in [2.75, 3.05) is 26.2 Å². The van der Waals surface area contributed by atoms with E-state index in [0.717, 1.165) is 23.2 Å². The largest absolute Gasteiger partial charge is 0.336 e. The monoisotopic (exact) mass is 416 g/mol. The Morgan fingerprint density at radius 1 is 1.03 bits per heavy atom. The smallest absolute Gasteiger partial charge is 0.256 e. The van der Waals surface area contributed by atoms with Crippen molar-refractivity contribution >= 4 is 23.3 Å². The Balaban J connectivity index is 1.71. The quantitative estimate of drug-likeness (QED) is 0.686. The fourth-order valence-corrected chi connectivity index (χ4v) is 4.35. The van der Waals surface area contributed by atoms with Crippen LogP contribution in [-0.2, 0) is 6.54 Å². The Kier molecular flexibility index (Phi) is 6.39. The highest BCUT2D eigenvalue weighted by Crippen LogP contribution is 2.25. The van der Waals surface area contributed by atoms with E-state index in [0.29, 0.717) is 31.2 Å². The number of halogens is 2. The molecule has 0 unspecified atom stereocenters. The van der Waals surface area contributed by atoms with E-state index < -0.39 is 5.82 Å². The molecule has 2 aromatic rings. The third kappa shape index (κ3) is 4.51. The van der Waals surface area contributed by atoms with Gasteiger partial charge in [0.2, 0.25) is 0 Å². The number of piperazine rings is 1. The fourth-order valence-electron chi connectivity index (χ4n) is 4.18. The summed E-state index contributed by atoms with van der Waals surface area (Å²) >= 11 is 5.92. The molecular weight excluding hydrogens is 391 g/mol. The molecule has 4 nitrogen and oxygen atoms in total. The summed E-state index contributed by atoms with van der Waals surface area (Å²) in [7, 11) is 0. The number of benzene rings is 2. The molecular formula is C23H26ClFN2O2. The lowest BCUT2D eigenvalue weighted by Gasteiger charge is -2.35. The predicted molar refractivity (Wildman–Crippen MR) is 113 cm³/mol. The number of amides is 1. The van der Waals surface area contributed by atoms with E-state index in [1.807, 2.05) is 13.8 Å². The van der Waals surface area contributed by atoms with E-state index in [2.05, 4.69) is 17.9 Å². The lowest BCUT2D eigenvalue weighted by molar-refractivity contribution is 0.0623. The van der Waals surface area contributed by atoms with Crippen molar-refractivity contribution in [2.45, 2.75) is 34.2 Å². The molecule has 0 aliphatic carbocycles. The van der Waals surface area contributed by atoms with E-state index in [1.165, 1.54) is 29.3 Å². The van der Waals surface area contributed by atoms with E-state index in [4.69, 9.17) is 11.6 Å². The van der Waals surface area contributed by atoms with Gasteiger partial charge in [-0.15, -0.1) is 0 Å². The highest BCUT2D eigenvalue weighted by Gasteiger charge is 2.25. The van der Waals surface area contributed by atoms with Crippen LogP contribution in [0.25, 0.3) is 0 Å². The van der Waals surface area contributed by atoms with Gasteiger partial charge in [0.05, 0.1) is 5.56 Å². The van der Waals surface area contributed by atoms with Crippen LogP contribution in [0.3, 0.4) is 0 Å². The molecule has 154 valence electrons. The van der Waals surface area contributed by atoms with Gasteiger partial charge in [0.25, 0.3) is 5.91 Å². The molecule has 0 saturated carbocycles. The van der Waals surface area contributed by atoms with Crippen LogP contribution in [0.15, 0.2) is 24.3 Å². The van der Waals surface area contributed by atoms with Crippen LogP contribution in [0.5, 0.6) is 0 Å². The Labute approximate surface area is 176 Å². The topological polar surface area (TPSA) is 40.6 Å². The third-order valence-electron chi connectivity index (χ3n) is 5.68. The van der Waals surface area contributed by atoms with Crippen LogP contribution in [-0.4, -0.2) is 47.7 Å². The second-order valence-corrected chi connectivity index (χ2v) is 8.17. The zero-order valence-corrected chi connectivity index (χ0v) is 18.1. The molecule has 1 heterocycles. The van der Waals surface area contributed by atoms with Crippen LogP contribution in [0.4, 0.5) is 4.39 Å². The molecule has 0 spiro atoms. The number of nitrogens with zero attached hydrogens (tertiary/aromatic N) is 2. The molecule has 0 radical (unpaired) electrons. The Hall–Kier alpha value is -2.24. The molecule has 29 heavy (non-hydrogen) atoms. The number of rotatable bonds is 4. The second-order valence-electron chi connectivity index (χ2n) is 7.74. The summed E-state index contributed by atoms with van der Waals surface area (Å²) in [5, 5.41) is 0.347. The normalized spacial score (nSPS) is 14.9. The first kappa shape index (κ1) is 21.5. The molecule has 1 aliphatic rings. The highest BCUT2D eigenvalue weighted by atomic mass is 35.5. The van der Waals surface area contributed by atoms with Gasteiger partial charge in [0.1, 0.15) is 5.82 Å². The lowest BCUT2D eigenvalue weighted by atomic mass is 9.91. The fraction of sp³-hybridized carbons (Fsp3) is 0.391. The minimum atomic E-state index is -0.551. The maximum Gasteiger partial charge on any atom is 0.256 e. The average Bonchev–Trinajstić information content (AvgIpc) is 2.66. The SMILES string of the molecule is CC(=O)c1c(C)cc(C)c(CN2CCN(C(=O)c3cc(Cl)ccc3F)CC2)c1C. The Morgan fingerprint density at radius 3 is 2.31 bits per heavy atom. The summed E-state index contributed by atoms with van der Waals surface area (Å²) in [5.41, 5.74) is 5.20. The minimum absolute atomic E-state index is 0.0160. The molecule has 1 amide bonds. The Bertz CT molecular complexity index is 966. The molecule has 1 aliphatic heterocycles. The molecule has 6 heteroatoms. The van der Waals surface area contributed by atoms with Crippen LogP contribution < -0.4 is 0 Å². The van der Waals surface area contributed by atoms with Gasteiger partial charge < -0.3 is 4.90 Å². The highest BCUT2D eigenvalue weighted by molar-refractivity contribution is 6.31. The minimum Gasteiger partial charge on any atom is -0.336 e. The summed E-state index contributed by atoms with van der Waals surface area (Å²) in [6.07, 6.45) is 0. The van der Waals surface area contributed by atoms with Crippen molar-refractivity contribution in [3.8, 4) is 0 Å². The average molecular weight is 417 g/mol. The first-order chi connectivity index (χ1) is 13.7. The summed E-state index contributed by atoms with van der Waals surface area (Å²) in [6.45, 7) is 10.8. The first-order valence-corrected chi connectivity index (χ1v) is 10.1. The second kappa shape index (κ2) is 8.64. The maximum atomic E-state index is 14.0. The van der Waals surface area contributed by atoms with Crippen molar-refractivity contribution in [1.29, 1.82) is 0 Å². The van der Waals surface area contributed by atoms with Gasteiger partial charge in [-0.3, -0.25) is 14.5 Å². The van der Waals surface area contributed by atoms with Crippen LogP contribution in [0, 0.1) is 26.6 Å². The van der Waals surface area contributed by atoms with Gasteiger partial charge in [0.15, 0.2) is 5.78 Å². The number of hydrogen-bond donors (Lipinski definition) is 0. The Morgan fingerprint density at radius 2 is 1.69 bits per heavy atom. The van der Waals surface area contributed by atoms with Crippen LogP contribution >= 0.6 is 11.6 Å². The molecule has 0 N–H and O–H groups in total. The summed E-state index contributed by atoms with van der Waals surface area (Å²) in [6, 6.07) is 6.11. The van der Waals surface area contributed by atoms with E-state index >= 15 is 0 Å². The molecule has 1 fully saturated rings. The van der Waals surface area contributed by atoms with Crippen molar-refractivity contribution in [1.82, 2.24) is 9.80 Å². The number of ketones is 1.